The lowest BCUT2D eigenvalue weighted by atomic mass is 10.2. The Morgan fingerprint density at radius 3 is 2.86 bits per heavy atom. The number of aromatic nitrogens is 1. The molecule has 0 aliphatic carbocycles. The number of hydrogen-bond donors (Lipinski definition) is 1. The summed E-state index contributed by atoms with van der Waals surface area (Å²) in [5.74, 6) is -0.385. The minimum Gasteiger partial charge on any atom is -0.459 e. The topological polar surface area (TPSA) is 65.2 Å². The minimum atomic E-state index is -0.385. The standard InChI is InChI=1S/C9H11IN2O2/c1-5(2)14-9(13)7-3-6(11)4-12-8(7)10/h3-5H,11H2,1-2H3. The number of hydrogen-bond acceptors (Lipinski definition) is 4. The first-order chi connectivity index (χ1) is 6.50. The van der Waals surface area contributed by atoms with Gasteiger partial charge in [0.2, 0.25) is 0 Å². The Morgan fingerprint density at radius 2 is 2.29 bits per heavy atom. The van der Waals surface area contributed by atoms with Crippen LogP contribution in [0.25, 0.3) is 0 Å². The summed E-state index contributed by atoms with van der Waals surface area (Å²) in [5, 5.41) is 0. The van der Waals surface area contributed by atoms with E-state index in [1.165, 1.54) is 6.20 Å². The van der Waals surface area contributed by atoms with E-state index in [0.717, 1.165) is 0 Å². The Hall–Kier alpha value is -0.850. The van der Waals surface area contributed by atoms with E-state index in [2.05, 4.69) is 4.98 Å². The van der Waals surface area contributed by atoms with Crippen molar-refractivity contribution in [3.05, 3.63) is 21.5 Å². The first-order valence-electron chi connectivity index (χ1n) is 4.12. The van der Waals surface area contributed by atoms with Crippen molar-refractivity contribution in [2.24, 2.45) is 0 Å². The van der Waals surface area contributed by atoms with E-state index in [1.54, 1.807) is 19.9 Å². The maximum atomic E-state index is 11.5. The molecule has 14 heavy (non-hydrogen) atoms. The molecule has 1 rings (SSSR count). The third-order valence-corrected chi connectivity index (χ3v) is 2.28. The highest BCUT2D eigenvalue weighted by Gasteiger charge is 2.14. The summed E-state index contributed by atoms with van der Waals surface area (Å²) in [4.78, 5) is 15.5. The zero-order valence-corrected chi connectivity index (χ0v) is 10.1. The molecule has 0 aliphatic rings. The molecule has 0 bridgehead atoms. The molecule has 76 valence electrons. The largest absolute Gasteiger partial charge is 0.459 e. The molecule has 0 aliphatic heterocycles. The van der Waals surface area contributed by atoms with E-state index in [4.69, 9.17) is 10.5 Å². The molecule has 0 unspecified atom stereocenters. The Morgan fingerprint density at radius 1 is 1.64 bits per heavy atom. The van der Waals surface area contributed by atoms with Crippen LogP contribution in [-0.4, -0.2) is 17.1 Å². The molecule has 0 amide bonds. The summed E-state index contributed by atoms with van der Waals surface area (Å²) >= 11 is 1.97. The normalized spacial score (nSPS) is 10.3. The van der Waals surface area contributed by atoms with Crippen LogP contribution in [0.5, 0.6) is 0 Å². The van der Waals surface area contributed by atoms with Crippen molar-refractivity contribution in [1.29, 1.82) is 0 Å². The fourth-order valence-corrected chi connectivity index (χ4v) is 1.40. The van der Waals surface area contributed by atoms with Gasteiger partial charge in [-0.1, -0.05) is 0 Å². The molecule has 0 aromatic carbocycles. The van der Waals surface area contributed by atoms with Gasteiger partial charge in [-0.3, -0.25) is 0 Å². The van der Waals surface area contributed by atoms with Crippen LogP contribution in [-0.2, 0) is 4.74 Å². The second-order valence-corrected chi connectivity index (χ2v) is 4.08. The van der Waals surface area contributed by atoms with Crippen molar-refractivity contribution in [2.75, 3.05) is 5.73 Å². The van der Waals surface area contributed by atoms with E-state index in [-0.39, 0.29) is 12.1 Å². The monoisotopic (exact) mass is 306 g/mol. The van der Waals surface area contributed by atoms with Gasteiger partial charge in [-0.15, -0.1) is 0 Å². The first kappa shape index (κ1) is 11.2. The summed E-state index contributed by atoms with van der Waals surface area (Å²) in [6.45, 7) is 3.59. The van der Waals surface area contributed by atoms with Crippen LogP contribution in [0.1, 0.15) is 24.2 Å². The lowest BCUT2D eigenvalue weighted by Crippen LogP contribution is -2.13. The molecular weight excluding hydrogens is 295 g/mol. The lowest BCUT2D eigenvalue weighted by Gasteiger charge is -2.08. The van der Waals surface area contributed by atoms with Crippen molar-refractivity contribution in [3.8, 4) is 0 Å². The van der Waals surface area contributed by atoms with Gasteiger partial charge >= 0.3 is 5.97 Å². The lowest BCUT2D eigenvalue weighted by molar-refractivity contribution is 0.0376. The number of carbonyl (C=O) groups is 1. The molecule has 1 aromatic rings. The molecule has 0 fully saturated rings. The SMILES string of the molecule is CC(C)OC(=O)c1cc(N)cnc1I. The van der Waals surface area contributed by atoms with Crippen molar-refractivity contribution < 1.29 is 9.53 Å². The maximum Gasteiger partial charge on any atom is 0.341 e. The Kier molecular flexibility index (Phi) is 3.68. The summed E-state index contributed by atoms with van der Waals surface area (Å²) < 4.78 is 5.63. The van der Waals surface area contributed by atoms with Gasteiger partial charge in [0.25, 0.3) is 0 Å². The van der Waals surface area contributed by atoms with Crippen LogP contribution >= 0.6 is 22.6 Å². The number of rotatable bonds is 2. The van der Waals surface area contributed by atoms with E-state index < -0.39 is 0 Å². The van der Waals surface area contributed by atoms with Gasteiger partial charge in [0, 0.05) is 0 Å². The zero-order valence-electron chi connectivity index (χ0n) is 7.95. The van der Waals surface area contributed by atoms with E-state index in [9.17, 15) is 4.79 Å². The number of halogens is 1. The third-order valence-electron chi connectivity index (χ3n) is 1.42. The van der Waals surface area contributed by atoms with E-state index >= 15 is 0 Å². The van der Waals surface area contributed by atoms with Gasteiger partial charge in [-0.25, -0.2) is 9.78 Å². The van der Waals surface area contributed by atoms with E-state index in [0.29, 0.717) is 15.0 Å². The predicted octanol–water partition coefficient (Wildman–Crippen LogP) is 1.83. The molecule has 0 saturated carbocycles. The number of nitrogens with zero attached hydrogens (tertiary/aromatic N) is 1. The zero-order chi connectivity index (χ0) is 10.7. The molecule has 0 saturated heterocycles. The van der Waals surface area contributed by atoms with Crippen molar-refractivity contribution >= 4 is 34.2 Å². The maximum absolute atomic E-state index is 11.5. The minimum absolute atomic E-state index is 0.139. The Labute approximate surface area is 96.0 Å². The Bertz CT molecular complexity index is 353. The van der Waals surface area contributed by atoms with Crippen LogP contribution < -0.4 is 5.73 Å². The smallest absolute Gasteiger partial charge is 0.341 e. The number of anilines is 1. The van der Waals surface area contributed by atoms with Gasteiger partial charge in [0.05, 0.1) is 23.6 Å². The predicted molar refractivity (Wildman–Crippen MR) is 61.9 cm³/mol. The molecule has 0 atom stereocenters. The molecule has 0 radical (unpaired) electrons. The number of carbonyl (C=O) groups excluding carboxylic acids is 1. The van der Waals surface area contributed by atoms with Crippen molar-refractivity contribution in [1.82, 2.24) is 4.98 Å². The van der Waals surface area contributed by atoms with E-state index in [1.807, 2.05) is 22.6 Å². The molecule has 2 N–H and O–H groups in total. The second-order valence-electron chi connectivity index (χ2n) is 3.06. The number of nitrogens with two attached hydrogens (primary N) is 1. The molecule has 1 heterocycles. The van der Waals surface area contributed by atoms with Gasteiger partial charge < -0.3 is 10.5 Å². The fraction of sp³-hybridized carbons (Fsp3) is 0.333. The molecular formula is C9H11IN2O2. The number of ether oxygens (including phenoxy) is 1. The molecule has 4 nitrogen and oxygen atoms in total. The van der Waals surface area contributed by atoms with Gasteiger partial charge in [0.1, 0.15) is 3.70 Å². The van der Waals surface area contributed by atoms with Crippen LogP contribution in [0.3, 0.4) is 0 Å². The van der Waals surface area contributed by atoms with Crippen molar-refractivity contribution in [2.45, 2.75) is 20.0 Å². The van der Waals surface area contributed by atoms with Crippen LogP contribution in [0, 0.1) is 3.70 Å². The van der Waals surface area contributed by atoms with Crippen LogP contribution in [0.2, 0.25) is 0 Å². The highest BCUT2D eigenvalue weighted by molar-refractivity contribution is 14.1. The average molecular weight is 306 g/mol. The molecule has 1 aromatic heterocycles. The quantitative estimate of drug-likeness (QED) is 0.514. The van der Waals surface area contributed by atoms with Gasteiger partial charge in [-0.05, 0) is 42.5 Å². The van der Waals surface area contributed by atoms with Crippen LogP contribution in [0.4, 0.5) is 5.69 Å². The summed E-state index contributed by atoms with van der Waals surface area (Å²) in [5.41, 5.74) is 6.40. The van der Waals surface area contributed by atoms with Crippen LogP contribution in [0.15, 0.2) is 12.3 Å². The molecule has 5 heteroatoms. The van der Waals surface area contributed by atoms with Gasteiger partial charge in [-0.2, -0.15) is 0 Å². The average Bonchev–Trinajstić information content (AvgIpc) is 2.08. The second kappa shape index (κ2) is 4.59. The third kappa shape index (κ3) is 2.83. The fourth-order valence-electron chi connectivity index (χ4n) is 0.885. The highest BCUT2D eigenvalue weighted by Crippen LogP contribution is 2.14. The summed E-state index contributed by atoms with van der Waals surface area (Å²) in [6, 6.07) is 1.57. The van der Waals surface area contributed by atoms with Crippen molar-refractivity contribution in [3.63, 3.8) is 0 Å². The Balaban J connectivity index is 2.94. The summed E-state index contributed by atoms with van der Waals surface area (Å²) in [7, 11) is 0. The number of nitrogen functional groups attached to an aromatic ring is 1. The molecule has 0 spiro atoms. The first-order valence-corrected chi connectivity index (χ1v) is 5.20. The number of pyridine rings is 1. The van der Waals surface area contributed by atoms with Gasteiger partial charge in [0.15, 0.2) is 0 Å². The highest BCUT2D eigenvalue weighted by atomic mass is 127. The summed E-state index contributed by atoms with van der Waals surface area (Å²) in [6.07, 6.45) is 1.37. The number of esters is 1.